The van der Waals surface area contributed by atoms with E-state index in [-0.39, 0.29) is 79.0 Å². The summed E-state index contributed by atoms with van der Waals surface area (Å²) in [6.45, 7) is 1.08. The van der Waals surface area contributed by atoms with E-state index in [9.17, 15) is 39.0 Å². The molecule has 0 aliphatic carbocycles. The number of rotatable bonds is 9. The Bertz CT molecular complexity index is 2360. The second-order valence-corrected chi connectivity index (χ2v) is 12.4. The molecule has 0 radical (unpaired) electrons. The van der Waals surface area contributed by atoms with E-state index in [4.69, 9.17) is 17.3 Å². The van der Waals surface area contributed by atoms with Gasteiger partial charge in [0.25, 0.3) is 5.69 Å². The second-order valence-electron chi connectivity index (χ2n) is 10.1. The van der Waals surface area contributed by atoms with E-state index in [0.717, 1.165) is 42.0 Å². The number of nitrogen functional groups attached to an aromatic ring is 1. The summed E-state index contributed by atoms with van der Waals surface area (Å²) in [5.74, 6) is -2.95. The van der Waals surface area contributed by atoms with Gasteiger partial charge in [-0.15, -0.1) is 10.9 Å². The number of hydrogen-bond donors (Lipinski definition) is 2. The van der Waals surface area contributed by atoms with Crippen LogP contribution >= 0.6 is 11.6 Å². The maximum atomic E-state index is 12.3. The number of benzene rings is 5. The Labute approximate surface area is 340 Å². The van der Waals surface area contributed by atoms with E-state index in [1.807, 2.05) is 30.3 Å². The number of sulfonamides is 1. The zero-order chi connectivity index (χ0) is 37.3. The van der Waals surface area contributed by atoms with Crippen LogP contribution in [0.25, 0.3) is 10.8 Å². The normalized spacial score (nSPS) is 12.0. The maximum Gasteiger partial charge on any atom is 3.00 e. The van der Waals surface area contributed by atoms with Crippen molar-refractivity contribution in [3.05, 3.63) is 124 Å². The molecule has 268 valence electrons. The minimum Gasteiger partial charge on any atom is -0.874 e. The summed E-state index contributed by atoms with van der Waals surface area (Å²) in [7, 11) is -2.61. The van der Waals surface area contributed by atoms with Gasteiger partial charge in [0.2, 0.25) is 10.0 Å². The quantitative estimate of drug-likeness (QED) is 0.0321. The van der Waals surface area contributed by atoms with Gasteiger partial charge in [-0.2, -0.15) is 15.3 Å². The molecule has 5 rings (SSSR count). The van der Waals surface area contributed by atoms with E-state index in [0.29, 0.717) is 11.4 Å². The van der Waals surface area contributed by atoms with Crippen LogP contribution in [0.3, 0.4) is 0 Å². The van der Waals surface area contributed by atoms with Crippen LogP contribution in [0.1, 0.15) is 6.92 Å². The smallest absolute Gasteiger partial charge is 0.874 e. The van der Waals surface area contributed by atoms with Gasteiger partial charge in [-0.05, 0) is 48.8 Å². The molecule has 0 aliphatic rings. The number of anilines is 1. The van der Waals surface area contributed by atoms with Gasteiger partial charge >= 0.3 is 46.3 Å². The van der Waals surface area contributed by atoms with Crippen molar-refractivity contribution in [2.45, 2.75) is 11.8 Å². The maximum absolute atomic E-state index is 12.3. The van der Waals surface area contributed by atoms with Gasteiger partial charge < -0.3 is 26.2 Å². The predicted octanol–water partition coefficient (Wildman–Crippen LogP) is 1.91. The number of nitro benzene ring substituents is 1. The van der Waals surface area contributed by atoms with Gasteiger partial charge in [-0.3, -0.25) is 15.1 Å². The first kappa shape index (κ1) is 44.2. The third-order valence-corrected chi connectivity index (χ3v) is 8.45. The van der Waals surface area contributed by atoms with Crippen LogP contribution in [0.5, 0.6) is 11.5 Å². The number of nitrogens with two attached hydrogens (primary N) is 1. The Kier molecular flexibility index (Phi) is 16.5. The van der Waals surface area contributed by atoms with E-state index >= 15 is 0 Å². The molecule has 5 aromatic rings. The summed E-state index contributed by atoms with van der Waals surface area (Å²) in [5.41, 5.74) is 5.70. The zero-order valence-corrected chi connectivity index (χ0v) is 32.5. The van der Waals surface area contributed by atoms with Crippen molar-refractivity contribution in [2.24, 2.45) is 25.4 Å². The Balaban J connectivity index is 0.000000359. The number of hydrogen-bond acceptors (Lipinski definition) is 14. The molecule has 0 saturated heterocycles. The Hall–Kier alpha value is -4.92. The molecule has 0 unspecified atom stereocenters. The Morgan fingerprint density at radius 1 is 0.830 bits per heavy atom. The summed E-state index contributed by atoms with van der Waals surface area (Å²) in [4.78, 5) is 13.5. The van der Waals surface area contributed by atoms with Crippen LogP contribution in [0.15, 0.2) is 139 Å². The van der Waals surface area contributed by atoms with Gasteiger partial charge in [0.05, 0.1) is 43.3 Å². The monoisotopic (exact) mass is 810 g/mol. The third-order valence-electron chi connectivity index (χ3n) is 6.72. The second kappa shape index (κ2) is 19.8. The molecule has 20 heteroatoms. The van der Waals surface area contributed by atoms with Crippen LogP contribution < -0.4 is 60.4 Å². The Morgan fingerprint density at radius 3 is 2.15 bits per heavy atom. The van der Waals surface area contributed by atoms with Crippen molar-refractivity contribution in [3.8, 4) is 11.5 Å². The van der Waals surface area contributed by atoms with Gasteiger partial charge in [0.15, 0.2) is 0 Å². The molecule has 5 aromatic carbocycles. The largest absolute Gasteiger partial charge is 3.00 e. The summed E-state index contributed by atoms with van der Waals surface area (Å²) in [5, 5.41) is 75.4. The van der Waals surface area contributed by atoms with Crippen LogP contribution in [0.2, 0.25) is 5.02 Å². The molecule has 0 aliphatic heterocycles. The van der Waals surface area contributed by atoms with Gasteiger partial charge in [0, 0.05) is 23.4 Å². The number of nitrogens with one attached hydrogen (secondary N) is 1. The van der Waals surface area contributed by atoms with E-state index in [1.165, 1.54) is 31.3 Å². The number of fused-ring (bicyclic) bond motifs is 1. The Morgan fingerprint density at radius 2 is 1.51 bits per heavy atom. The molecule has 16 nitrogen and oxygen atoms in total. The van der Waals surface area contributed by atoms with Crippen LogP contribution in [0, 0.1) is 10.1 Å². The summed E-state index contributed by atoms with van der Waals surface area (Å²) < 4.78 is 25.8. The molecule has 53 heavy (non-hydrogen) atoms. The van der Waals surface area contributed by atoms with Gasteiger partial charge in [0.1, 0.15) is 5.69 Å². The minimum atomic E-state index is -3.82. The molecule has 0 fully saturated rings. The zero-order valence-electron chi connectivity index (χ0n) is 27.9. The number of allylic oxidation sites excluding steroid dienone is 1. The molecule has 0 saturated carbocycles. The molecule has 0 heterocycles. The number of halogens is 1. The fraction of sp³-hybridized carbons (Fsp3) is 0.0606. The standard InChI is InChI=1S/C17H17ClN4O5S.C16H12N4O3.Co.Na/c1-10(23)16(17(25)20-13-6-4-3-5-12(13)18)22-21-14-9-11(7-8-15(14)24)28(26,27)19-2;17-13-7-5-10-3-1-2-4-12(10)16(13)19-18-14-8-6-11(20(22)23)9-15(14)21;;/h3-9,19,23-24H,1-2H3,(H,20,25);1-9,21H,17H2;;/q;;+3;+1/p-4. The molecule has 0 spiro atoms. The van der Waals surface area contributed by atoms with E-state index in [1.54, 1.807) is 18.2 Å². The van der Waals surface area contributed by atoms with Crippen molar-refractivity contribution in [1.29, 1.82) is 0 Å². The third kappa shape index (κ3) is 11.5. The molecule has 0 atom stereocenters. The summed E-state index contributed by atoms with van der Waals surface area (Å²) >= 11 is 5.92. The number of aliphatic imine (C=N–C) groups is 1. The topological polar surface area (TPSA) is 269 Å². The van der Waals surface area contributed by atoms with Gasteiger partial charge in [-0.25, -0.2) is 13.1 Å². The van der Waals surface area contributed by atoms with Crippen molar-refractivity contribution in [3.63, 3.8) is 0 Å². The van der Waals surface area contributed by atoms with Crippen molar-refractivity contribution < 1.29 is 80.1 Å². The summed E-state index contributed by atoms with van der Waals surface area (Å²) in [6.07, 6.45) is 0. The number of nitrogens with zero attached hydrogens (tertiary/aromatic N) is 6. The van der Waals surface area contributed by atoms with Crippen molar-refractivity contribution >= 4 is 72.4 Å². The fourth-order valence-electron chi connectivity index (χ4n) is 4.12. The number of azo groups is 2. The van der Waals surface area contributed by atoms with Crippen molar-refractivity contribution in [1.82, 2.24) is 4.72 Å². The molecule has 0 bridgehead atoms. The van der Waals surface area contributed by atoms with Crippen LogP contribution in [-0.2, 0) is 26.8 Å². The van der Waals surface area contributed by atoms with E-state index < -0.39 is 43.8 Å². The van der Waals surface area contributed by atoms with Crippen molar-refractivity contribution in [2.75, 3.05) is 12.8 Å². The summed E-state index contributed by atoms with van der Waals surface area (Å²) in [6, 6.07) is 23.8. The first-order valence-electron chi connectivity index (χ1n) is 14.4. The first-order chi connectivity index (χ1) is 24.2. The molecule has 0 amide bonds. The number of nitro groups is 1. The molecule has 0 aromatic heterocycles. The average molecular weight is 811 g/mol. The number of non-ortho nitro benzene ring substituents is 1. The van der Waals surface area contributed by atoms with Crippen LogP contribution in [-0.4, -0.2) is 26.3 Å². The fourth-order valence-corrected chi connectivity index (χ4v) is 5.05. The minimum absolute atomic E-state index is 0. The van der Waals surface area contributed by atoms with Crippen LogP contribution in [0.4, 0.5) is 34.1 Å². The van der Waals surface area contributed by atoms with Gasteiger partial charge in [-0.1, -0.05) is 78.6 Å². The molecular weight excluding hydrogens is 786 g/mol. The molecule has 3 N–H and O–H groups in total. The average Bonchev–Trinajstić information content (AvgIpc) is 3.10. The van der Waals surface area contributed by atoms with E-state index in [2.05, 4.69) is 30.2 Å². The first-order valence-corrected chi connectivity index (χ1v) is 16.3. The SMILES string of the molecule is CNS(=O)(=O)c1ccc([O-])c(N=NC(C([O-])=Nc2ccccc2Cl)=C(C)[O-])c1.Nc1ccc2ccccc2c1N=Nc1ccc([N+](=O)[O-])cc1[O-].[Co+3].[Na+]. The molecular formula is C33H25ClCoN8NaO8S. The predicted molar refractivity (Wildman–Crippen MR) is 183 cm³/mol. The number of para-hydroxylation sites is 1.